The number of para-hydroxylation sites is 1. The summed E-state index contributed by atoms with van der Waals surface area (Å²) in [5.74, 6) is 0. The van der Waals surface area contributed by atoms with Crippen molar-refractivity contribution in [2.24, 2.45) is 0 Å². The Hall–Kier alpha value is -5.66. The molecule has 9 aromatic rings. The molecule has 0 spiro atoms. The fourth-order valence-corrected chi connectivity index (χ4v) is 5.02. The minimum atomic E-state index is -1.07. The second-order valence-corrected chi connectivity index (χ2v) is 9.26. The molecule has 9 rings (SSSR count). The van der Waals surface area contributed by atoms with Gasteiger partial charge < -0.3 is 4.42 Å². The van der Waals surface area contributed by atoms with Gasteiger partial charge in [0.1, 0.15) is 11.2 Å². The van der Waals surface area contributed by atoms with E-state index in [1.54, 1.807) is 0 Å². The van der Waals surface area contributed by atoms with Crippen molar-refractivity contribution in [3.8, 4) is 33.4 Å². The van der Waals surface area contributed by atoms with E-state index in [1.807, 2.05) is 0 Å². The van der Waals surface area contributed by atoms with Crippen molar-refractivity contribution in [3.05, 3.63) is 157 Å². The predicted molar refractivity (Wildman–Crippen MR) is 183 cm³/mol. The Labute approximate surface area is 285 Å². The smallest absolute Gasteiger partial charge is 0.135 e. The van der Waals surface area contributed by atoms with Crippen LogP contribution in [0.4, 0.5) is 0 Å². The van der Waals surface area contributed by atoms with Crippen LogP contribution in [0, 0.1) is 0 Å². The molecule has 1 heterocycles. The van der Waals surface area contributed by atoms with E-state index in [-0.39, 0.29) is 5.39 Å². The minimum absolute atomic E-state index is 0.375. The lowest BCUT2D eigenvalue weighted by Crippen LogP contribution is -1.91. The molecule has 43 heavy (non-hydrogen) atoms. The van der Waals surface area contributed by atoms with E-state index < -0.39 is 239 Å². The molecule has 0 saturated carbocycles. The molecule has 0 aliphatic rings. The van der Waals surface area contributed by atoms with Crippen molar-refractivity contribution in [2.75, 3.05) is 0 Å². The molecule has 0 atom stereocenters. The van der Waals surface area contributed by atoms with Gasteiger partial charge in [0.15, 0.2) is 0 Å². The van der Waals surface area contributed by atoms with Crippen LogP contribution in [-0.2, 0) is 0 Å². The minimum Gasteiger partial charge on any atom is -0.456 e. The molecule has 8 aromatic carbocycles. The van der Waals surface area contributed by atoms with Gasteiger partial charge in [-0.2, -0.15) is 0 Å². The molecule has 0 N–H and O–H groups in total. The monoisotopic (exact) mass is 572 g/mol. The molecular weight excluding hydrogens is 520 g/mol. The highest BCUT2D eigenvalue weighted by Gasteiger charge is 2.17. The van der Waals surface area contributed by atoms with Gasteiger partial charge in [-0.1, -0.05) is 133 Å². The van der Waals surface area contributed by atoms with Gasteiger partial charge in [0.05, 0.1) is 35.6 Å². The lowest BCUT2D eigenvalue weighted by Gasteiger charge is -2.18. The number of benzene rings is 8. The number of furan rings is 1. The molecule has 0 aliphatic heterocycles. The van der Waals surface area contributed by atoms with Gasteiger partial charge >= 0.3 is 0 Å². The van der Waals surface area contributed by atoms with E-state index in [4.69, 9.17) is 25.0 Å². The molecule has 0 aliphatic carbocycles. The van der Waals surface area contributed by atoms with Gasteiger partial charge in [-0.05, 0) is 89.9 Å². The van der Waals surface area contributed by atoms with Gasteiger partial charge in [-0.25, -0.2) is 0 Å². The van der Waals surface area contributed by atoms with Gasteiger partial charge in [0.2, 0.25) is 0 Å². The van der Waals surface area contributed by atoms with Crippen LogP contribution >= 0.6 is 0 Å². The topological polar surface area (TPSA) is 13.1 Å². The van der Waals surface area contributed by atoms with Crippen molar-refractivity contribution in [2.45, 2.75) is 0 Å². The fourth-order valence-electron chi connectivity index (χ4n) is 5.02. The first kappa shape index (κ1) is 9.69. The maximum absolute atomic E-state index is 9.49. The Morgan fingerprint density at radius 1 is 0.326 bits per heavy atom. The van der Waals surface area contributed by atoms with E-state index in [1.165, 1.54) is 0 Å². The third-order valence-electron chi connectivity index (χ3n) is 6.89. The standard InChI is InChI=1S/C42H26O/c1-2-10-30-25-32(22-19-27(30)9-1)42-36-14-5-3-12-34(36)41(35-13-4-6-15-37(35)42)29-20-17-28(18-21-29)31-23-24-40-38(26-31)33-11-7-8-16-39(33)43-40/h1-26H/i1D,2D,3D,4D,5D,6D,7D,8D,9D,10D,11D,12D,13D,14D,15D,16D,17D,18D,19D,20D,21D,22D,23D,24D,25D,26D. The second-order valence-electron chi connectivity index (χ2n) is 9.26. The van der Waals surface area contributed by atoms with Gasteiger partial charge in [-0.15, -0.1) is 0 Å². The molecule has 0 saturated heterocycles. The van der Waals surface area contributed by atoms with Crippen molar-refractivity contribution in [3.63, 3.8) is 0 Å². The van der Waals surface area contributed by atoms with E-state index in [0.29, 0.717) is 0 Å². The molecule has 0 unspecified atom stereocenters. The summed E-state index contributed by atoms with van der Waals surface area (Å²) in [4.78, 5) is 0. The van der Waals surface area contributed by atoms with Crippen molar-refractivity contribution in [1.29, 1.82) is 0 Å². The van der Waals surface area contributed by atoms with Crippen molar-refractivity contribution < 1.29 is 40.1 Å². The number of hydrogen-bond acceptors (Lipinski definition) is 1. The number of hydrogen-bond donors (Lipinski definition) is 0. The highest BCUT2D eigenvalue weighted by atomic mass is 16.3. The fraction of sp³-hybridized carbons (Fsp3) is 0. The SMILES string of the molecule is [2H]c1c([2H])c(-c2c3c([2H])c([2H])c([2H])c([2H])c3c(-c3c([2H])c([2H])c4c([2H])c([2H])c([2H])c([2H])c4c3[2H])c3c([2H])c([2H])c([2H])c([2H])c23)c([2H])c([2H])c1-c1c([2H])c([2H])c2oc3c([2H])c([2H])c([2H])c([2H])c3c2c1[2H]. The molecule has 1 heteroatoms. The maximum Gasteiger partial charge on any atom is 0.135 e. The van der Waals surface area contributed by atoms with Crippen LogP contribution < -0.4 is 0 Å². The third-order valence-corrected chi connectivity index (χ3v) is 6.89. The summed E-state index contributed by atoms with van der Waals surface area (Å²) in [5.41, 5.74) is -5.51. The Bertz CT molecular complexity index is 3860. The highest BCUT2D eigenvalue weighted by Crippen LogP contribution is 2.44. The molecule has 1 aromatic heterocycles. The van der Waals surface area contributed by atoms with E-state index in [0.717, 1.165) is 0 Å². The zero-order valence-electron chi connectivity index (χ0n) is 47.4. The van der Waals surface area contributed by atoms with Crippen LogP contribution in [0.25, 0.3) is 87.6 Å². The summed E-state index contributed by atoms with van der Waals surface area (Å²) < 4.78 is 237. The van der Waals surface area contributed by atoms with E-state index >= 15 is 0 Å². The normalized spacial score (nSPS) is 20.2. The van der Waals surface area contributed by atoms with Gasteiger partial charge in [0.25, 0.3) is 0 Å². The molecule has 200 valence electrons. The maximum atomic E-state index is 9.49. The quantitative estimate of drug-likeness (QED) is 0.192. The lowest BCUT2D eigenvalue weighted by atomic mass is 9.85. The number of rotatable bonds is 3. The zero-order chi connectivity index (χ0) is 51.0. The predicted octanol–water partition coefficient (Wildman–Crippen LogP) is 12.0. The zero-order valence-corrected chi connectivity index (χ0v) is 21.4. The Balaban J connectivity index is 1.52. The second kappa shape index (κ2) is 9.44. The van der Waals surface area contributed by atoms with Crippen LogP contribution in [0.15, 0.2) is 162 Å². The van der Waals surface area contributed by atoms with Crippen LogP contribution in [0.3, 0.4) is 0 Å². The molecule has 1 nitrogen and oxygen atoms in total. The van der Waals surface area contributed by atoms with Gasteiger partial charge in [-0.3, -0.25) is 0 Å². The first-order chi connectivity index (χ1) is 32.2. The van der Waals surface area contributed by atoms with Crippen LogP contribution in [0.1, 0.15) is 35.6 Å². The first-order valence-electron chi connectivity index (χ1n) is 25.7. The highest BCUT2D eigenvalue weighted by molar-refractivity contribution is 6.21. The summed E-state index contributed by atoms with van der Waals surface area (Å²) in [6, 6.07) is -23.3. The lowest BCUT2D eigenvalue weighted by molar-refractivity contribution is 0.669. The van der Waals surface area contributed by atoms with Gasteiger partial charge in [0, 0.05) is 10.8 Å². The summed E-state index contributed by atoms with van der Waals surface area (Å²) in [6.07, 6.45) is 0. The molecule has 0 radical (unpaired) electrons. The largest absolute Gasteiger partial charge is 0.456 e. The Morgan fingerprint density at radius 3 is 1.51 bits per heavy atom. The Morgan fingerprint density at radius 2 is 0.814 bits per heavy atom. The summed E-state index contributed by atoms with van der Waals surface area (Å²) in [5, 5.41) is -4.84. The third kappa shape index (κ3) is 3.79. The average Bonchev–Trinajstić information content (AvgIpc) is 3.73. The summed E-state index contributed by atoms with van der Waals surface area (Å²) >= 11 is 0. The summed E-state index contributed by atoms with van der Waals surface area (Å²) in [6.45, 7) is 0. The van der Waals surface area contributed by atoms with E-state index in [9.17, 15) is 15.1 Å². The van der Waals surface area contributed by atoms with Crippen LogP contribution in [-0.4, -0.2) is 0 Å². The van der Waals surface area contributed by atoms with Crippen molar-refractivity contribution >= 4 is 54.3 Å². The Kier molecular flexibility index (Phi) is 2.13. The number of fused-ring (bicyclic) bond motifs is 6. The summed E-state index contributed by atoms with van der Waals surface area (Å²) in [7, 11) is 0. The van der Waals surface area contributed by atoms with Crippen molar-refractivity contribution in [1.82, 2.24) is 0 Å². The molecule has 0 amide bonds. The van der Waals surface area contributed by atoms with Crippen LogP contribution in [0.5, 0.6) is 0 Å². The van der Waals surface area contributed by atoms with Crippen LogP contribution in [0.2, 0.25) is 0 Å². The van der Waals surface area contributed by atoms with E-state index in [2.05, 4.69) is 0 Å². The molecular formula is C42H26O. The first-order valence-corrected chi connectivity index (χ1v) is 12.7. The average molecular weight is 573 g/mol. The molecule has 0 fully saturated rings. The molecule has 0 bridgehead atoms.